The molecule has 1 aliphatic rings. The van der Waals surface area contributed by atoms with Crippen molar-refractivity contribution in [2.45, 2.75) is 25.3 Å². The fraction of sp³-hybridized carbons (Fsp3) is 0.429. The predicted molar refractivity (Wildman–Crippen MR) is 79.6 cm³/mol. The van der Waals surface area contributed by atoms with Gasteiger partial charge < -0.3 is 21.0 Å². The highest BCUT2D eigenvalue weighted by molar-refractivity contribution is 6.30. The van der Waals surface area contributed by atoms with Gasteiger partial charge in [0.15, 0.2) is 6.61 Å². The molecule has 1 fully saturated rings. The minimum absolute atomic E-state index is 0.0975. The second kappa shape index (κ2) is 7.17. The van der Waals surface area contributed by atoms with E-state index in [0.717, 1.165) is 19.3 Å². The third-order valence-electron chi connectivity index (χ3n) is 3.52. The van der Waals surface area contributed by atoms with Crippen LogP contribution in [-0.4, -0.2) is 29.6 Å². The maximum Gasteiger partial charge on any atom is 0.258 e. The largest absolute Gasteiger partial charge is 0.484 e. The maximum absolute atomic E-state index is 11.9. The van der Waals surface area contributed by atoms with Gasteiger partial charge in [0.1, 0.15) is 11.6 Å². The Morgan fingerprint density at radius 3 is 3.05 bits per heavy atom. The number of nitrogens with zero attached hydrogens (tertiary/aromatic N) is 1. The van der Waals surface area contributed by atoms with Crippen molar-refractivity contribution >= 4 is 23.3 Å². The molecule has 0 bridgehead atoms. The zero-order valence-electron chi connectivity index (χ0n) is 11.5. The number of rotatable bonds is 5. The fourth-order valence-electron chi connectivity index (χ4n) is 2.52. The van der Waals surface area contributed by atoms with Crippen LogP contribution in [0.3, 0.4) is 0 Å². The predicted octanol–water partition coefficient (Wildman–Crippen LogP) is 1.75. The van der Waals surface area contributed by atoms with Crippen LogP contribution in [-0.2, 0) is 4.79 Å². The Hall–Kier alpha value is -1.95. The van der Waals surface area contributed by atoms with Crippen molar-refractivity contribution in [2.24, 2.45) is 16.8 Å². The molecule has 2 unspecified atom stereocenters. The van der Waals surface area contributed by atoms with Gasteiger partial charge in [-0.25, -0.2) is 0 Å². The van der Waals surface area contributed by atoms with E-state index < -0.39 is 0 Å². The number of amides is 1. The van der Waals surface area contributed by atoms with Crippen LogP contribution in [0.2, 0.25) is 5.02 Å². The molecule has 1 aliphatic carbocycles. The first-order valence-corrected chi connectivity index (χ1v) is 7.13. The Bertz CT molecular complexity index is 536. The number of oxime groups is 1. The molecule has 0 saturated heterocycles. The Balaban J connectivity index is 1.84. The van der Waals surface area contributed by atoms with Crippen LogP contribution in [0.15, 0.2) is 29.4 Å². The zero-order valence-corrected chi connectivity index (χ0v) is 12.2. The van der Waals surface area contributed by atoms with Crippen LogP contribution >= 0.6 is 11.6 Å². The molecule has 0 aliphatic heterocycles. The Labute approximate surface area is 127 Å². The van der Waals surface area contributed by atoms with Gasteiger partial charge in [-0.05, 0) is 31.0 Å². The standard InChI is InChI=1S/C14H18ClN3O3/c15-9-3-1-4-10(7-9)21-8-13(19)17-12-6-2-5-11(12)14(16)18-20/h1,3-4,7,11-12,20H,2,5-6,8H2,(H2,16,18)(H,17,19). The lowest BCUT2D eigenvalue weighted by molar-refractivity contribution is -0.123. The summed E-state index contributed by atoms with van der Waals surface area (Å²) in [7, 11) is 0. The van der Waals surface area contributed by atoms with E-state index in [-0.39, 0.29) is 30.3 Å². The molecule has 21 heavy (non-hydrogen) atoms. The molecule has 114 valence electrons. The molecule has 1 saturated carbocycles. The van der Waals surface area contributed by atoms with Crippen LogP contribution in [0.25, 0.3) is 0 Å². The SMILES string of the molecule is NC(=NO)C1CCCC1NC(=O)COc1cccc(Cl)c1. The van der Waals surface area contributed by atoms with E-state index in [1.165, 1.54) is 0 Å². The van der Waals surface area contributed by atoms with Crippen LogP contribution in [0.5, 0.6) is 5.75 Å². The maximum atomic E-state index is 11.9. The molecule has 4 N–H and O–H groups in total. The number of amidine groups is 1. The van der Waals surface area contributed by atoms with Crippen molar-refractivity contribution < 1.29 is 14.7 Å². The van der Waals surface area contributed by atoms with Crippen molar-refractivity contribution in [1.82, 2.24) is 5.32 Å². The fourth-order valence-corrected chi connectivity index (χ4v) is 2.70. The molecule has 0 aromatic heterocycles. The van der Waals surface area contributed by atoms with Crippen molar-refractivity contribution in [1.29, 1.82) is 0 Å². The third kappa shape index (κ3) is 4.26. The van der Waals surface area contributed by atoms with Crippen molar-refractivity contribution in [3.05, 3.63) is 29.3 Å². The highest BCUT2D eigenvalue weighted by atomic mass is 35.5. The first-order chi connectivity index (χ1) is 10.1. The number of benzene rings is 1. The quantitative estimate of drug-likeness (QED) is 0.334. The monoisotopic (exact) mass is 311 g/mol. The van der Waals surface area contributed by atoms with E-state index in [9.17, 15) is 4.79 Å². The van der Waals surface area contributed by atoms with Gasteiger partial charge in [0.2, 0.25) is 0 Å². The molecule has 0 spiro atoms. The molecule has 0 radical (unpaired) electrons. The minimum atomic E-state index is -0.238. The summed E-state index contributed by atoms with van der Waals surface area (Å²) in [6, 6.07) is 6.74. The summed E-state index contributed by atoms with van der Waals surface area (Å²) >= 11 is 5.84. The van der Waals surface area contributed by atoms with Gasteiger partial charge in [0, 0.05) is 17.0 Å². The molecule has 2 atom stereocenters. The van der Waals surface area contributed by atoms with E-state index in [1.807, 2.05) is 0 Å². The van der Waals surface area contributed by atoms with Crippen LogP contribution < -0.4 is 15.8 Å². The lowest BCUT2D eigenvalue weighted by Gasteiger charge is -2.19. The van der Waals surface area contributed by atoms with Gasteiger partial charge in [-0.1, -0.05) is 29.2 Å². The van der Waals surface area contributed by atoms with Crippen molar-refractivity contribution in [2.75, 3.05) is 6.61 Å². The van der Waals surface area contributed by atoms with Crippen LogP contribution in [0.4, 0.5) is 0 Å². The second-order valence-corrected chi connectivity index (χ2v) is 5.42. The topological polar surface area (TPSA) is 96.9 Å². The van der Waals surface area contributed by atoms with Crippen LogP contribution in [0.1, 0.15) is 19.3 Å². The van der Waals surface area contributed by atoms with E-state index in [4.69, 9.17) is 27.3 Å². The zero-order chi connectivity index (χ0) is 15.2. The van der Waals surface area contributed by atoms with Gasteiger partial charge >= 0.3 is 0 Å². The van der Waals surface area contributed by atoms with E-state index in [1.54, 1.807) is 24.3 Å². The molecule has 0 heterocycles. The molecule has 7 heteroatoms. The highest BCUT2D eigenvalue weighted by Gasteiger charge is 2.31. The molecule has 2 rings (SSSR count). The average Bonchev–Trinajstić information content (AvgIpc) is 2.92. The van der Waals surface area contributed by atoms with Crippen molar-refractivity contribution in [3.8, 4) is 5.75 Å². The number of hydrogen-bond donors (Lipinski definition) is 3. The number of carbonyl (C=O) groups is 1. The first kappa shape index (κ1) is 15.4. The number of ether oxygens (including phenoxy) is 1. The lowest BCUT2D eigenvalue weighted by Crippen LogP contribution is -2.44. The summed E-state index contributed by atoms with van der Waals surface area (Å²) in [5.74, 6) is 0.341. The number of nitrogens with two attached hydrogens (primary N) is 1. The van der Waals surface area contributed by atoms with E-state index in [0.29, 0.717) is 10.8 Å². The molecular formula is C14H18ClN3O3. The summed E-state index contributed by atoms with van der Waals surface area (Å²) in [5, 5.41) is 15.2. The summed E-state index contributed by atoms with van der Waals surface area (Å²) in [6.45, 7) is -0.0975. The summed E-state index contributed by atoms with van der Waals surface area (Å²) in [4.78, 5) is 11.9. The molecule has 1 amide bonds. The van der Waals surface area contributed by atoms with E-state index in [2.05, 4.69) is 10.5 Å². The smallest absolute Gasteiger partial charge is 0.258 e. The van der Waals surface area contributed by atoms with Crippen LogP contribution in [0, 0.1) is 5.92 Å². The average molecular weight is 312 g/mol. The minimum Gasteiger partial charge on any atom is -0.484 e. The number of hydrogen-bond acceptors (Lipinski definition) is 4. The normalized spacial score (nSPS) is 22.0. The van der Waals surface area contributed by atoms with Crippen molar-refractivity contribution in [3.63, 3.8) is 0 Å². The van der Waals surface area contributed by atoms with Gasteiger partial charge in [0.25, 0.3) is 5.91 Å². The lowest BCUT2D eigenvalue weighted by atomic mass is 10.0. The van der Waals surface area contributed by atoms with Gasteiger partial charge in [-0.15, -0.1) is 0 Å². The third-order valence-corrected chi connectivity index (χ3v) is 3.76. The second-order valence-electron chi connectivity index (χ2n) is 4.98. The van der Waals surface area contributed by atoms with Gasteiger partial charge in [0.05, 0.1) is 0 Å². The Morgan fingerprint density at radius 1 is 1.52 bits per heavy atom. The molecular weight excluding hydrogens is 294 g/mol. The Kier molecular flexibility index (Phi) is 5.27. The van der Waals surface area contributed by atoms with Gasteiger partial charge in [-0.2, -0.15) is 0 Å². The van der Waals surface area contributed by atoms with E-state index >= 15 is 0 Å². The number of halogens is 1. The Morgan fingerprint density at radius 2 is 2.33 bits per heavy atom. The molecule has 1 aromatic rings. The highest BCUT2D eigenvalue weighted by Crippen LogP contribution is 2.25. The summed E-state index contributed by atoms with van der Waals surface area (Å²) in [6.07, 6.45) is 2.54. The molecule has 6 nitrogen and oxygen atoms in total. The molecule has 1 aromatic carbocycles. The summed E-state index contributed by atoms with van der Waals surface area (Å²) in [5.41, 5.74) is 5.63. The number of nitrogens with one attached hydrogen (secondary N) is 1. The van der Waals surface area contributed by atoms with Gasteiger partial charge in [-0.3, -0.25) is 4.79 Å². The number of carbonyl (C=O) groups excluding carboxylic acids is 1. The summed E-state index contributed by atoms with van der Waals surface area (Å²) < 4.78 is 5.37. The first-order valence-electron chi connectivity index (χ1n) is 6.75.